The Morgan fingerprint density at radius 1 is 1.44 bits per heavy atom. The van der Waals surface area contributed by atoms with Gasteiger partial charge in [-0.1, -0.05) is 0 Å². The first-order valence-electron chi connectivity index (χ1n) is 6.01. The SMILES string of the molecule is CNC(=O)C1CCCCN1c1ncc(C=O)cn1. The first-order valence-corrected chi connectivity index (χ1v) is 6.01. The third-order valence-electron chi connectivity index (χ3n) is 3.10. The highest BCUT2D eigenvalue weighted by atomic mass is 16.2. The van der Waals surface area contributed by atoms with Crippen molar-refractivity contribution >= 4 is 18.1 Å². The summed E-state index contributed by atoms with van der Waals surface area (Å²) in [6.45, 7) is 0.762. The number of amides is 1. The summed E-state index contributed by atoms with van der Waals surface area (Å²) in [7, 11) is 1.63. The lowest BCUT2D eigenvalue weighted by atomic mass is 10.0. The minimum Gasteiger partial charge on any atom is -0.357 e. The molecule has 1 fully saturated rings. The molecule has 1 saturated heterocycles. The summed E-state index contributed by atoms with van der Waals surface area (Å²) in [4.78, 5) is 32.6. The average Bonchev–Trinajstić information content (AvgIpc) is 2.46. The minimum atomic E-state index is -0.217. The van der Waals surface area contributed by atoms with Crippen molar-refractivity contribution in [2.24, 2.45) is 0 Å². The van der Waals surface area contributed by atoms with Crippen LogP contribution < -0.4 is 10.2 Å². The molecule has 0 spiro atoms. The van der Waals surface area contributed by atoms with E-state index in [4.69, 9.17) is 0 Å². The minimum absolute atomic E-state index is 0.0160. The van der Waals surface area contributed by atoms with E-state index in [9.17, 15) is 9.59 Å². The molecule has 0 bridgehead atoms. The molecule has 1 N–H and O–H groups in total. The Balaban J connectivity index is 2.21. The fourth-order valence-electron chi connectivity index (χ4n) is 2.15. The molecule has 2 rings (SSSR count). The van der Waals surface area contributed by atoms with Gasteiger partial charge >= 0.3 is 0 Å². The summed E-state index contributed by atoms with van der Waals surface area (Å²) in [5.74, 6) is 0.492. The van der Waals surface area contributed by atoms with Gasteiger partial charge < -0.3 is 10.2 Å². The topological polar surface area (TPSA) is 75.2 Å². The predicted molar refractivity (Wildman–Crippen MR) is 66.5 cm³/mol. The number of piperidine rings is 1. The Bertz CT molecular complexity index is 432. The van der Waals surface area contributed by atoms with Crippen molar-refractivity contribution in [3.63, 3.8) is 0 Å². The van der Waals surface area contributed by atoms with E-state index in [1.165, 1.54) is 12.4 Å². The molecule has 0 aromatic carbocycles. The van der Waals surface area contributed by atoms with Gasteiger partial charge in [0.2, 0.25) is 11.9 Å². The van der Waals surface area contributed by atoms with Gasteiger partial charge in [0.05, 0.1) is 5.56 Å². The van der Waals surface area contributed by atoms with Gasteiger partial charge in [-0.25, -0.2) is 9.97 Å². The number of anilines is 1. The maximum atomic E-state index is 11.8. The Morgan fingerprint density at radius 3 is 2.78 bits per heavy atom. The molecule has 1 aliphatic heterocycles. The molecule has 18 heavy (non-hydrogen) atoms. The van der Waals surface area contributed by atoms with Crippen LogP contribution >= 0.6 is 0 Å². The molecule has 2 heterocycles. The van der Waals surface area contributed by atoms with Crippen LogP contribution in [0.15, 0.2) is 12.4 Å². The van der Waals surface area contributed by atoms with Gasteiger partial charge in [-0.2, -0.15) is 0 Å². The molecule has 1 amide bonds. The van der Waals surface area contributed by atoms with Gasteiger partial charge in [-0.15, -0.1) is 0 Å². The molecule has 0 saturated carbocycles. The fourth-order valence-corrected chi connectivity index (χ4v) is 2.15. The zero-order valence-electron chi connectivity index (χ0n) is 10.3. The van der Waals surface area contributed by atoms with Crippen molar-refractivity contribution in [3.8, 4) is 0 Å². The zero-order chi connectivity index (χ0) is 13.0. The third-order valence-corrected chi connectivity index (χ3v) is 3.10. The van der Waals surface area contributed by atoms with E-state index in [1.54, 1.807) is 7.05 Å². The van der Waals surface area contributed by atoms with E-state index in [1.807, 2.05) is 4.90 Å². The number of rotatable bonds is 3. The Morgan fingerprint density at radius 2 is 2.17 bits per heavy atom. The number of carbonyl (C=O) groups excluding carboxylic acids is 2. The molecule has 1 atom stereocenters. The van der Waals surface area contributed by atoms with Gasteiger partial charge in [0.25, 0.3) is 0 Å². The van der Waals surface area contributed by atoms with Gasteiger partial charge in [0.15, 0.2) is 6.29 Å². The van der Waals surface area contributed by atoms with E-state index >= 15 is 0 Å². The van der Waals surface area contributed by atoms with Gasteiger partial charge in [-0.3, -0.25) is 9.59 Å². The summed E-state index contributed by atoms with van der Waals surface area (Å²) in [6.07, 6.45) is 6.51. The Hall–Kier alpha value is -1.98. The summed E-state index contributed by atoms with van der Waals surface area (Å²) in [5, 5.41) is 2.66. The first-order chi connectivity index (χ1) is 8.76. The van der Waals surface area contributed by atoms with E-state index in [0.29, 0.717) is 17.8 Å². The van der Waals surface area contributed by atoms with Gasteiger partial charge in [0, 0.05) is 26.0 Å². The molecule has 96 valence electrons. The van der Waals surface area contributed by atoms with E-state index in [-0.39, 0.29) is 11.9 Å². The van der Waals surface area contributed by atoms with Crippen LogP contribution in [0.4, 0.5) is 5.95 Å². The number of aldehydes is 1. The zero-order valence-corrected chi connectivity index (χ0v) is 10.3. The number of nitrogens with zero attached hydrogens (tertiary/aromatic N) is 3. The molecule has 0 radical (unpaired) electrons. The van der Waals surface area contributed by atoms with Crippen molar-refractivity contribution in [2.75, 3.05) is 18.5 Å². The van der Waals surface area contributed by atoms with Crippen LogP contribution in [-0.4, -0.2) is 41.8 Å². The number of nitrogens with one attached hydrogen (secondary N) is 1. The number of aromatic nitrogens is 2. The maximum absolute atomic E-state index is 11.8. The molecule has 1 unspecified atom stereocenters. The van der Waals surface area contributed by atoms with Gasteiger partial charge in [-0.05, 0) is 19.3 Å². The predicted octanol–water partition coefficient (Wildman–Crippen LogP) is 0.394. The number of likely N-dealkylation sites (N-methyl/N-ethyl adjacent to an activating group) is 1. The van der Waals surface area contributed by atoms with Crippen LogP contribution in [0.5, 0.6) is 0 Å². The number of hydrogen-bond donors (Lipinski definition) is 1. The first kappa shape index (κ1) is 12.5. The monoisotopic (exact) mass is 248 g/mol. The lowest BCUT2D eigenvalue weighted by Crippen LogP contribution is -2.49. The molecular formula is C12H16N4O2. The van der Waals surface area contributed by atoms with Crippen LogP contribution in [-0.2, 0) is 4.79 Å². The standard InChI is InChI=1S/C12H16N4O2/c1-13-11(18)10-4-2-3-5-16(10)12-14-6-9(8-17)7-15-12/h6-8,10H,2-5H2,1H3,(H,13,18). The van der Waals surface area contributed by atoms with Crippen LogP contribution in [0.1, 0.15) is 29.6 Å². The van der Waals surface area contributed by atoms with E-state index < -0.39 is 0 Å². The lowest BCUT2D eigenvalue weighted by molar-refractivity contribution is -0.122. The smallest absolute Gasteiger partial charge is 0.242 e. The Labute approximate surface area is 105 Å². The second-order valence-electron chi connectivity index (χ2n) is 4.25. The molecule has 1 aromatic heterocycles. The normalized spacial score (nSPS) is 19.4. The van der Waals surface area contributed by atoms with Crippen molar-refractivity contribution in [2.45, 2.75) is 25.3 Å². The molecule has 1 aliphatic rings. The van der Waals surface area contributed by atoms with E-state index in [0.717, 1.165) is 25.8 Å². The van der Waals surface area contributed by atoms with Gasteiger partial charge in [0.1, 0.15) is 6.04 Å². The number of hydrogen-bond acceptors (Lipinski definition) is 5. The molecule has 6 heteroatoms. The lowest BCUT2D eigenvalue weighted by Gasteiger charge is -2.34. The highest BCUT2D eigenvalue weighted by Gasteiger charge is 2.29. The Kier molecular flexibility index (Phi) is 3.86. The quantitative estimate of drug-likeness (QED) is 0.783. The highest BCUT2D eigenvalue weighted by molar-refractivity contribution is 5.84. The molecule has 0 aliphatic carbocycles. The highest BCUT2D eigenvalue weighted by Crippen LogP contribution is 2.21. The van der Waals surface area contributed by atoms with E-state index in [2.05, 4.69) is 15.3 Å². The van der Waals surface area contributed by atoms with Crippen LogP contribution in [0.3, 0.4) is 0 Å². The largest absolute Gasteiger partial charge is 0.357 e. The molecule has 1 aromatic rings. The summed E-state index contributed by atoms with van der Waals surface area (Å²) >= 11 is 0. The van der Waals surface area contributed by atoms with Crippen LogP contribution in [0, 0.1) is 0 Å². The third kappa shape index (κ3) is 2.47. The average molecular weight is 248 g/mol. The van der Waals surface area contributed by atoms with Crippen molar-refractivity contribution < 1.29 is 9.59 Å². The van der Waals surface area contributed by atoms with Crippen molar-refractivity contribution in [1.82, 2.24) is 15.3 Å². The summed E-state index contributed by atoms with van der Waals surface area (Å²) < 4.78 is 0. The van der Waals surface area contributed by atoms with Crippen LogP contribution in [0.25, 0.3) is 0 Å². The van der Waals surface area contributed by atoms with Crippen molar-refractivity contribution in [3.05, 3.63) is 18.0 Å². The summed E-state index contributed by atoms with van der Waals surface area (Å²) in [6, 6.07) is -0.217. The van der Waals surface area contributed by atoms with Crippen LogP contribution in [0.2, 0.25) is 0 Å². The fraction of sp³-hybridized carbons (Fsp3) is 0.500. The molecular weight excluding hydrogens is 232 g/mol. The summed E-state index contributed by atoms with van der Waals surface area (Å²) in [5.41, 5.74) is 0.437. The van der Waals surface area contributed by atoms with Crippen molar-refractivity contribution in [1.29, 1.82) is 0 Å². The maximum Gasteiger partial charge on any atom is 0.242 e. The second-order valence-corrected chi connectivity index (χ2v) is 4.25. The number of carbonyl (C=O) groups is 2. The molecule has 6 nitrogen and oxygen atoms in total. The second kappa shape index (κ2) is 5.57.